The zero-order chi connectivity index (χ0) is 13.0. The summed E-state index contributed by atoms with van der Waals surface area (Å²) in [4.78, 5) is 18.2. The molecule has 0 aromatic carbocycles. The molecule has 0 radical (unpaired) electrons. The Kier molecular flexibility index (Phi) is 4.31. The van der Waals surface area contributed by atoms with Gasteiger partial charge in [0.1, 0.15) is 5.82 Å². The molecule has 1 atom stereocenters. The number of hydrogen-bond donors (Lipinski definition) is 0. The SMILES string of the molecule is COCC1CCCN(c2ncccc2C(C)=O)C1. The average Bonchev–Trinajstić information content (AvgIpc) is 2.39. The third-order valence-electron chi connectivity index (χ3n) is 3.39. The number of rotatable bonds is 4. The number of methoxy groups -OCH3 is 1. The summed E-state index contributed by atoms with van der Waals surface area (Å²) in [6.45, 7) is 4.26. The number of carbonyl (C=O) groups is 1. The molecule has 0 spiro atoms. The Hall–Kier alpha value is -1.42. The van der Waals surface area contributed by atoms with E-state index in [2.05, 4.69) is 9.88 Å². The fraction of sp³-hybridized carbons (Fsp3) is 0.571. The van der Waals surface area contributed by atoms with E-state index in [0.717, 1.165) is 37.5 Å². The average molecular weight is 248 g/mol. The zero-order valence-electron chi connectivity index (χ0n) is 11.1. The minimum Gasteiger partial charge on any atom is -0.384 e. The highest BCUT2D eigenvalue weighted by atomic mass is 16.5. The maximum atomic E-state index is 11.6. The molecule has 0 aliphatic carbocycles. The van der Waals surface area contributed by atoms with Gasteiger partial charge in [-0.1, -0.05) is 0 Å². The van der Waals surface area contributed by atoms with Crippen molar-refractivity contribution in [1.82, 2.24) is 4.98 Å². The standard InChI is InChI=1S/C14H20N2O2/c1-11(17)13-6-3-7-15-14(13)16-8-4-5-12(9-16)10-18-2/h3,6-7,12H,4-5,8-10H2,1-2H3. The molecule has 1 saturated heterocycles. The summed E-state index contributed by atoms with van der Waals surface area (Å²) in [5, 5.41) is 0. The number of aromatic nitrogens is 1. The van der Waals surface area contributed by atoms with Crippen LogP contribution in [0, 0.1) is 5.92 Å². The lowest BCUT2D eigenvalue weighted by atomic mass is 9.98. The lowest BCUT2D eigenvalue weighted by Gasteiger charge is -2.34. The van der Waals surface area contributed by atoms with E-state index in [1.165, 1.54) is 6.42 Å². The Morgan fingerprint density at radius 1 is 1.61 bits per heavy atom. The number of nitrogens with zero attached hydrogens (tertiary/aromatic N) is 2. The summed E-state index contributed by atoms with van der Waals surface area (Å²) >= 11 is 0. The van der Waals surface area contributed by atoms with Gasteiger partial charge in [-0.2, -0.15) is 0 Å². The second-order valence-corrected chi connectivity index (χ2v) is 4.84. The van der Waals surface area contributed by atoms with E-state index in [1.807, 2.05) is 12.1 Å². The van der Waals surface area contributed by atoms with E-state index < -0.39 is 0 Å². The first-order valence-corrected chi connectivity index (χ1v) is 6.42. The van der Waals surface area contributed by atoms with Crippen molar-refractivity contribution in [2.24, 2.45) is 5.92 Å². The summed E-state index contributed by atoms with van der Waals surface area (Å²) < 4.78 is 5.23. The van der Waals surface area contributed by atoms with Crippen LogP contribution in [-0.4, -0.2) is 37.6 Å². The number of pyridine rings is 1. The first-order chi connectivity index (χ1) is 8.72. The maximum absolute atomic E-state index is 11.6. The largest absolute Gasteiger partial charge is 0.384 e. The van der Waals surface area contributed by atoms with E-state index in [9.17, 15) is 4.79 Å². The Morgan fingerprint density at radius 3 is 3.17 bits per heavy atom. The molecule has 1 aromatic rings. The number of hydrogen-bond acceptors (Lipinski definition) is 4. The fourth-order valence-electron chi connectivity index (χ4n) is 2.55. The molecule has 0 saturated carbocycles. The van der Waals surface area contributed by atoms with Gasteiger partial charge in [0.05, 0.1) is 12.2 Å². The number of anilines is 1. The molecule has 0 bridgehead atoms. The predicted molar refractivity (Wildman–Crippen MR) is 71.1 cm³/mol. The highest BCUT2D eigenvalue weighted by molar-refractivity contribution is 5.98. The Labute approximate surface area is 108 Å². The third kappa shape index (κ3) is 2.88. The van der Waals surface area contributed by atoms with Gasteiger partial charge in [0.2, 0.25) is 0 Å². The first-order valence-electron chi connectivity index (χ1n) is 6.42. The summed E-state index contributed by atoms with van der Waals surface area (Å²) in [6, 6.07) is 3.67. The topological polar surface area (TPSA) is 42.4 Å². The highest BCUT2D eigenvalue weighted by Gasteiger charge is 2.23. The van der Waals surface area contributed by atoms with Crippen molar-refractivity contribution in [2.75, 3.05) is 31.7 Å². The lowest BCUT2D eigenvalue weighted by Crippen LogP contribution is -2.38. The molecule has 0 N–H and O–H groups in total. The fourth-order valence-corrected chi connectivity index (χ4v) is 2.55. The molecule has 0 amide bonds. The number of piperidine rings is 1. The first kappa shape index (κ1) is 13.0. The quantitative estimate of drug-likeness (QED) is 0.766. The molecule has 1 unspecified atom stereocenters. The van der Waals surface area contributed by atoms with Crippen molar-refractivity contribution >= 4 is 11.6 Å². The van der Waals surface area contributed by atoms with Gasteiger partial charge in [-0.3, -0.25) is 4.79 Å². The van der Waals surface area contributed by atoms with E-state index >= 15 is 0 Å². The molecule has 1 aromatic heterocycles. The minimum atomic E-state index is 0.0759. The molecule has 4 heteroatoms. The normalized spacial score (nSPS) is 19.9. The van der Waals surface area contributed by atoms with Crippen LogP contribution in [0.5, 0.6) is 0 Å². The molecule has 2 rings (SSSR count). The van der Waals surface area contributed by atoms with Crippen molar-refractivity contribution in [3.8, 4) is 0 Å². The summed E-state index contributed by atoms with van der Waals surface area (Å²) in [7, 11) is 1.74. The zero-order valence-corrected chi connectivity index (χ0v) is 11.1. The summed E-state index contributed by atoms with van der Waals surface area (Å²) in [5.41, 5.74) is 0.718. The second-order valence-electron chi connectivity index (χ2n) is 4.84. The van der Waals surface area contributed by atoms with Crippen LogP contribution < -0.4 is 4.90 Å². The van der Waals surface area contributed by atoms with E-state index in [4.69, 9.17) is 4.74 Å². The molecule has 1 aliphatic heterocycles. The van der Waals surface area contributed by atoms with Gasteiger partial charge in [-0.05, 0) is 37.8 Å². The number of ketones is 1. The Balaban J connectivity index is 2.18. The van der Waals surface area contributed by atoms with Crippen molar-refractivity contribution in [1.29, 1.82) is 0 Å². The van der Waals surface area contributed by atoms with Crippen LogP contribution in [-0.2, 0) is 4.74 Å². The predicted octanol–water partition coefficient (Wildman–Crippen LogP) is 2.15. The maximum Gasteiger partial charge on any atom is 0.163 e. The van der Waals surface area contributed by atoms with Crippen LogP contribution in [0.1, 0.15) is 30.1 Å². The minimum absolute atomic E-state index is 0.0759. The van der Waals surface area contributed by atoms with Crippen molar-refractivity contribution in [2.45, 2.75) is 19.8 Å². The Morgan fingerprint density at radius 2 is 2.44 bits per heavy atom. The number of ether oxygens (including phenoxy) is 1. The molecule has 18 heavy (non-hydrogen) atoms. The van der Waals surface area contributed by atoms with Gasteiger partial charge >= 0.3 is 0 Å². The van der Waals surface area contributed by atoms with E-state index in [-0.39, 0.29) is 5.78 Å². The van der Waals surface area contributed by atoms with Crippen molar-refractivity contribution in [3.05, 3.63) is 23.9 Å². The van der Waals surface area contributed by atoms with Gasteiger partial charge in [0.25, 0.3) is 0 Å². The van der Waals surface area contributed by atoms with Crippen molar-refractivity contribution < 1.29 is 9.53 Å². The van der Waals surface area contributed by atoms with Crippen LogP contribution in [0.15, 0.2) is 18.3 Å². The molecule has 1 fully saturated rings. The molecule has 1 aliphatic rings. The van der Waals surface area contributed by atoms with E-state index in [1.54, 1.807) is 20.2 Å². The molecular weight excluding hydrogens is 228 g/mol. The molecule has 4 nitrogen and oxygen atoms in total. The van der Waals surface area contributed by atoms with Crippen molar-refractivity contribution in [3.63, 3.8) is 0 Å². The van der Waals surface area contributed by atoms with Crippen LogP contribution in [0.4, 0.5) is 5.82 Å². The lowest BCUT2D eigenvalue weighted by molar-refractivity contribution is 0.101. The molecule has 98 valence electrons. The van der Waals surface area contributed by atoms with Gasteiger partial charge in [-0.15, -0.1) is 0 Å². The highest BCUT2D eigenvalue weighted by Crippen LogP contribution is 2.24. The smallest absolute Gasteiger partial charge is 0.163 e. The summed E-state index contributed by atoms with van der Waals surface area (Å²) in [6.07, 6.45) is 4.07. The van der Waals surface area contributed by atoms with Crippen LogP contribution >= 0.6 is 0 Å². The second kappa shape index (κ2) is 5.96. The Bertz CT molecular complexity index is 418. The summed E-state index contributed by atoms with van der Waals surface area (Å²) in [5.74, 6) is 1.43. The van der Waals surface area contributed by atoms with Crippen LogP contribution in [0.25, 0.3) is 0 Å². The number of Topliss-reactive ketones (excluding diaryl/α,β-unsaturated/α-hetero) is 1. The molecule has 2 heterocycles. The monoisotopic (exact) mass is 248 g/mol. The number of carbonyl (C=O) groups excluding carboxylic acids is 1. The molecular formula is C14H20N2O2. The van der Waals surface area contributed by atoms with Gasteiger partial charge in [0.15, 0.2) is 5.78 Å². The van der Waals surface area contributed by atoms with Gasteiger partial charge < -0.3 is 9.64 Å². The van der Waals surface area contributed by atoms with Crippen LogP contribution in [0.2, 0.25) is 0 Å². The third-order valence-corrected chi connectivity index (χ3v) is 3.39. The van der Waals surface area contributed by atoms with Gasteiger partial charge in [-0.25, -0.2) is 4.98 Å². The van der Waals surface area contributed by atoms with Crippen LogP contribution in [0.3, 0.4) is 0 Å². The van der Waals surface area contributed by atoms with Gasteiger partial charge in [0, 0.05) is 26.4 Å². The van der Waals surface area contributed by atoms with E-state index in [0.29, 0.717) is 5.92 Å².